The van der Waals surface area contributed by atoms with E-state index in [1.165, 1.54) is 0 Å². The van der Waals surface area contributed by atoms with Crippen molar-refractivity contribution < 1.29 is 4.79 Å². The fraction of sp³-hybridized carbons (Fsp3) is 0.471. The van der Waals surface area contributed by atoms with Gasteiger partial charge in [0.1, 0.15) is 0 Å². The van der Waals surface area contributed by atoms with E-state index in [2.05, 4.69) is 11.5 Å². The van der Waals surface area contributed by atoms with Crippen molar-refractivity contribution in [3.05, 3.63) is 35.5 Å². The Labute approximate surface area is 130 Å². The number of hydrogen-bond acceptors (Lipinski definition) is 1. The molecule has 1 fully saturated rings. The van der Waals surface area contributed by atoms with Crippen molar-refractivity contribution in [3.63, 3.8) is 0 Å². The van der Waals surface area contributed by atoms with Gasteiger partial charge in [-0.2, -0.15) is 0 Å². The summed E-state index contributed by atoms with van der Waals surface area (Å²) in [5.41, 5.74) is 1.14. The topological polar surface area (TPSA) is 25.2 Å². The molecule has 0 bridgehead atoms. The van der Waals surface area contributed by atoms with Gasteiger partial charge < -0.3 is 9.47 Å². The predicted molar refractivity (Wildman–Crippen MR) is 86.5 cm³/mol. The molecule has 1 aromatic heterocycles. The summed E-state index contributed by atoms with van der Waals surface area (Å²) in [7, 11) is 0. The molecular weight excluding hydrogens is 284 g/mol. The number of rotatable bonds is 3. The number of piperidine rings is 1. The molecule has 0 aliphatic carbocycles. The van der Waals surface area contributed by atoms with E-state index in [1.54, 1.807) is 0 Å². The third-order valence-corrected chi connectivity index (χ3v) is 4.67. The number of aromatic nitrogens is 1. The van der Waals surface area contributed by atoms with Crippen molar-refractivity contribution in [3.8, 4) is 0 Å². The van der Waals surface area contributed by atoms with Crippen molar-refractivity contribution in [1.29, 1.82) is 0 Å². The number of benzene rings is 1. The first-order chi connectivity index (χ1) is 10.1. The van der Waals surface area contributed by atoms with E-state index in [9.17, 15) is 4.79 Å². The molecular formula is C17H21ClN2O. The van der Waals surface area contributed by atoms with Crippen LogP contribution < -0.4 is 0 Å². The zero-order chi connectivity index (χ0) is 14.8. The first kappa shape index (κ1) is 14.5. The summed E-state index contributed by atoms with van der Waals surface area (Å²) in [6.45, 7) is 4.83. The van der Waals surface area contributed by atoms with E-state index in [0.29, 0.717) is 6.42 Å². The monoisotopic (exact) mass is 304 g/mol. The van der Waals surface area contributed by atoms with Gasteiger partial charge in [-0.3, -0.25) is 4.79 Å². The molecule has 4 heteroatoms. The van der Waals surface area contributed by atoms with Crippen LogP contribution in [0.5, 0.6) is 0 Å². The van der Waals surface area contributed by atoms with Crippen LogP contribution >= 0.6 is 11.6 Å². The van der Waals surface area contributed by atoms with E-state index >= 15 is 0 Å². The molecule has 0 radical (unpaired) electrons. The highest BCUT2D eigenvalue weighted by atomic mass is 35.5. The number of carbonyl (C=O) groups is 1. The van der Waals surface area contributed by atoms with Crippen molar-refractivity contribution >= 4 is 28.4 Å². The van der Waals surface area contributed by atoms with Crippen LogP contribution in [0.1, 0.15) is 26.2 Å². The number of nitrogens with zero attached hydrogens (tertiary/aromatic N) is 2. The molecule has 0 unspecified atom stereocenters. The highest BCUT2D eigenvalue weighted by Crippen LogP contribution is 2.21. The Morgan fingerprint density at radius 2 is 2.05 bits per heavy atom. The Hall–Kier alpha value is -1.48. The molecule has 3 nitrogen and oxygen atoms in total. The van der Waals surface area contributed by atoms with Crippen LogP contribution in [0.4, 0.5) is 0 Å². The van der Waals surface area contributed by atoms with Gasteiger partial charge in [-0.1, -0.05) is 18.5 Å². The Balaban J connectivity index is 1.62. The van der Waals surface area contributed by atoms with Crippen LogP contribution in [-0.4, -0.2) is 28.5 Å². The van der Waals surface area contributed by atoms with E-state index in [4.69, 9.17) is 11.6 Å². The SMILES string of the molecule is CC1CCN(C(=O)CCn2ccc3cc(Cl)ccc32)CC1. The Kier molecular flexibility index (Phi) is 4.20. The lowest BCUT2D eigenvalue weighted by Crippen LogP contribution is -2.38. The number of amides is 1. The molecule has 0 spiro atoms. The maximum absolute atomic E-state index is 12.3. The molecule has 1 aliphatic heterocycles. The number of fused-ring (bicyclic) bond motifs is 1. The second-order valence-corrected chi connectivity index (χ2v) is 6.46. The lowest BCUT2D eigenvalue weighted by atomic mass is 9.99. The molecule has 2 heterocycles. The highest BCUT2D eigenvalue weighted by molar-refractivity contribution is 6.31. The zero-order valence-corrected chi connectivity index (χ0v) is 13.1. The normalized spacial score (nSPS) is 16.6. The molecule has 0 saturated carbocycles. The second-order valence-electron chi connectivity index (χ2n) is 6.03. The fourth-order valence-electron chi connectivity index (χ4n) is 3.00. The quantitative estimate of drug-likeness (QED) is 0.843. The molecule has 2 aromatic rings. The van der Waals surface area contributed by atoms with Gasteiger partial charge in [0.15, 0.2) is 0 Å². The van der Waals surface area contributed by atoms with Crippen LogP contribution in [0.25, 0.3) is 10.9 Å². The minimum Gasteiger partial charge on any atom is -0.347 e. The summed E-state index contributed by atoms with van der Waals surface area (Å²) < 4.78 is 2.14. The number of likely N-dealkylation sites (tertiary alicyclic amines) is 1. The van der Waals surface area contributed by atoms with E-state index in [0.717, 1.165) is 54.3 Å². The Morgan fingerprint density at radius 3 is 2.81 bits per heavy atom. The molecule has 112 valence electrons. The zero-order valence-electron chi connectivity index (χ0n) is 12.4. The summed E-state index contributed by atoms with van der Waals surface area (Å²) in [5, 5.41) is 1.88. The maximum Gasteiger partial charge on any atom is 0.224 e. The number of aryl methyl sites for hydroxylation is 1. The third kappa shape index (κ3) is 3.24. The van der Waals surface area contributed by atoms with Crippen LogP contribution in [0.15, 0.2) is 30.5 Å². The summed E-state index contributed by atoms with van der Waals surface area (Å²) in [5.74, 6) is 1.03. The van der Waals surface area contributed by atoms with Crippen molar-refractivity contribution in [2.75, 3.05) is 13.1 Å². The Bertz CT molecular complexity index is 641. The second kappa shape index (κ2) is 6.10. The van der Waals surface area contributed by atoms with Crippen LogP contribution in [0.3, 0.4) is 0 Å². The average Bonchev–Trinajstić information content (AvgIpc) is 2.87. The number of halogens is 1. The van der Waals surface area contributed by atoms with Gasteiger partial charge in [0.2, 0.25) is 5.91 Å². The van der Waals surface area contributed by atoms with Crippen LogP contribution in [-0.2, 0) is 11.3 Å². The fourth-order valence-corrected chi connectivity index (χ4v) is 3.18. The third-order valence-electron chi connectivity index (χ3n) is 4.44. The lowest BCUT2D eigenvalue weighted by Gasteiger charge is -2.30. The van der Waals surface area contributed by atoms with E-state index < -0.39 is 0 Å². The molecule has 0 atom stereocenters. The van der Waals surface area contributed by atoms with Crippen molar-refractivity contribution in [2.24, 2.45) is 5.92 Å². The predicted octanol–water partition coefficient (Wildman–Crippen LogP) is 3.94. The number of hydrogen-bond donors (Lipinski definition) is 0. The summed E-state index contributed by atoms with van der Waals surface area (Å²) in [6, 6.07) is 7.93. The number of carbonyl (C=O) groups excluding carboxylic acids is 1. The molecule has 1 saturated heterocycles. The van der Waals surface area contributed by atoms with Gasteiger partial charge in [-0.15, -0.1) is 0 Å². The maximum atomic E-state index is 12.3. The highest BCUT2D eigenvalue weighted by Gasteiger charge is 2.19. The molecule has 1 aliphatic rings. The van der Waals surface area contributed by atoms with Gasteiger partial charge in [0, 0.05) is 48.2 Å². The van der Waals surface area contributed by atoms with Gasteiger partial charge in [-0.05, 0) is 43.0 Å². The van der Waals surface area contributed by atoms with Crippen LogP contribution in [0.2, 0.25) is 5.02 Å². The molecule has 0 N–H and O–H groups in total. The van der Waals surface area contributed by atoms with Crippen molar-refractivity contribution in [1.82, 2.24) is 9.47 Å². The van der Waals surface area contributed by atoms with Crippen molar-refractivity contribution in [2.45, 2.75) is 32.7 Å². The largest absolute Gasteiger partial charge is 0.347 e. The molecule has 1 aromatic carbocycles. The standard InChI is InChI=1S/C17H21ClN2O/c1-13-4-8-20(9-5-13)17(21)7-11-19-10-6-14-12-15(18)2-3-16(14)19/h2-3,6,10,12-13H,4-5,7-9,11H2,1H3. The first-order valence-corrected chi connectivity index (χ1v) is 8.03. The minimum atomic E-state index is 0.276. The van der Waals surface area contributed by atoms with Crippen LogP contribution in [0, 0.1) is 5.92 Å². The van der Waals surface area contributed by atoms with Gasteiger partial charge in [0.25, 0.3) is 0 Å². The molecule has 1 amide bonds. The Morgan fingerprint density at radius 1 is 1.29 bits per heavy atom. The minimum absolute atomic E-state index is 0.276. The lowest BCUT2D eigenvalue weighted by molar-refractivity contribution is -0.132. The average molecular weight is 305 g/mol. The summed E-state index contributed by atoms with van der Waals surface area (Å²) in [4.78, 5) is 14.3. The molecule has 3 rings (SSSR count). The van der Waals surface area contributed by atoms with Gasteiger partial charge in [-0.25, -0.2) is 0 Å². The van der Waals surface area contributed by atoms with Gasteiger partial charge in [0.05, 0.1) is 0 Å². The first-order valence-electron chi connectivity index (χ1n) is 7.65. The summed E-state index contributed by atoms with van der Waals surface area (Å²) >= 11 is 6.00. The van der Waals surface area contributed by atoms with E-state index in [1.807, 2.05) is 35.4 Å². The van der Waals surface area contributed by atoms with E-state index in [-0.39, 0.29) is 5.91 Å². The van der Waals surface area contributed by atoms with Gasteiger partial charge >= 0.3 is 0 Å². The molecule has 21 heavy (non-hydrogen) atoms. The smallest absolute Gasteiger partial charge is 0.224 e. The summed E-state index contributed by atoms with van der Waals surface area (Å²) in [6.07, 6.45) is 4.88.